The van der Waals surface area contributed by atoms with Crippen LogP contribution in [0, 0.1) is 6.92 Å². The van der Waals surface area contributed by atoms with E-state index in [1.165, 1.54) is 10.4 Å². The van der Waals surface area contributed by atoms with E-state index in [-0.39, 0.29) is 6.04 Å². The van der Waals surface area contributed by atoms with Gasteiger partial charge >= 0.3 is 0 Å². The maximum Gasteiger partial charge on any atom is 0.122 e. The number of thiophene rings is 1. The quantitative estimate of drug-likeness (QED) is 0.820. The van der Waals surface area contributed by atoms with Crippen molar-refractivity contribution in [3.63, 3.8) is 0 Å². The van der Waals surface area contributed by atoms with Crippen LogP contribution in [0.2, 0.25) is 0 Å². The number of benzene rings is 1. The van der Waals surface area contributed by atoms with Crippen LogP contribution in [0.3, 0.4) is 0 Å². The Labute approximate surface area is 135 Å². The van der Waals surface area contributed by atoms with E-state index >= 15 is 0 Å². The largest absolute Gasteiger partial charge is 0.497 e. The fraction of sp³-hybridized carbons (Fsp3) is 0.412. The van der Waals surface area contributed by atoms with Crippen LogP contribution < -0.4 is 14.8 Å². The molecule has 1 heterocycles. The Hall–Kier alpha value is -1.56. The molecular formula is C17H23NO3S. The highest BCUT2D eigenvalue weighted by Gasteiger charge is 2.14. The molecule has 1 aromatic heterocycles. The molecule has 5 heteroatoms. The molecule has 0 bridgehead atoms. The van der Waals surface area contributed by atoms with Gasteiger partial charge in [0.15, 0.2) is 0 Å². The summed E-state index contributed by atoms with van der Waals surface area (Å²) < 4.78 is 10.5. The Bertz CT molecular complexity index is 589. The summed E-state index contributed by atoms with van der Waals surface area (Å²) in [5.41, 5.74) is 2.06. The lowest BCUT2D eigenvalue weighted by atomic mass is 10.1. The molecule has 2 aromatic rings. The van der Waals surface area contributed by atoms with Gasteiger partial charge in [-0.15, -0.1) is 11.3 Å². The van der Waals surface area contributed by atoms with E-state index < -0.39 is 6.10 Å². The van der Waals surface area contributed by atoms with E-state index in [1.807, 2.05) is 12.1 Å². The van der Waals surface area contributed by atoms with Crippen LogP contribution in [0.4, 0.5) is 0 Å². The predicted molar refractivity (Wildman–Crippen MR) is 90.0 cm³/mol. The summed E-state index contributed by atoms with van der Waals surface area (Å²) in [6.07, 6.45) is -0.619. The van der Waals surface area contributed by atoms with Gasteiger partial charge in [0.25, 0.3) is 0 Å². The molecule has 0 radical (unpaired) electrons. The maximum absolute atomic E-state index is 10.4. The van der Waals surface area contributed by atoms with Crippen molar-refractivity contribution in [1.82, 2.24) is 5.32 Å². The van der Waals surface area contributed by atoms with Crippen LogP contribution in [0.5, 0.6) is 11.5 Å². The third-order valence-corrected chi connectivity index (χ3v) is 4.87. The van der Waals surface area contributed by atoms with Crippen molar-refractivity contribution >= 4 is 11.3 Å². The zero-order valence-electron chi connectivity index (χ0n) is 13.4. The molecule has 2 atom stereocenters. The summed E-state index contributed by atoms with van der Waals surface area (Å²) in [5.74, 6) is 1.35. The van der Waals surface area contributed by atoms with Gasteiger partial charge in [0.05, 0.1) is 20.3 Å². The van der Waals surface area contributed by atoms with Crippen LogP contribution in [-0.2, 0) is 0 Å². The fourth-order valence-corrected chi connectivity index (χ4v) is 3.31. The Morgan fingerprint density at radius 3 is 2.32 bits per heavy atom. The van der Waals surface area contributed by atoms with Crippen LogP contribution in [0.1, 0.15) is 35.1 Å². The molecule has 4 nitrogen and oxygen atoms in total. The Kier molecular flexibility index (Phi) is 5.83. The minimum atomic E-state index is -0.619. The number of hydrogen-bond acceptors (Lipinski definition) is 5. The molecular weight excluding hydrogens is 298 g/mol. The van der Waals surface area contributed by atoms with Crippen molar-refractivity contribution < 1.29 is 14.6 Å². The zero-order chi connectivity index (χ0) is 16.1. The van der Waals surface area contributed by atoms with Gasteiger partial charge in [-0.1, -0.05) is 0 Å². The first-order chi connectivity index (χ1) is 10.5. The standard InChI is InChI=1S/C17H23NO3S/c1-11-5-6-22-17(11)12(2)18-10-16(19)13-7-14(20-3)9-15(8-13)21-4/h5-9,12,16,18-19H,10H2,1-4H3/t12-,16-/m1/s1. The van der Waals surface area contributed by atoms with Crippen molar-refractivity contribution in [3.05, 3.63) is 45.6 Å². The van der Waals surface area contributed by atoms with E-state index in [2.05, 4.69) is 30.6 Å². The summed E-state index contributed by atoms with van der Waals surface area (Å²) in [6, 6.07) is 7.77. The summed E-state index contributed by atoms with van der Waals surface area (Å²) in [7, 11) is 3.20. The van der Waals surface area contributed by atoms with Gasteiger partial charge in [-0.2, -0.15) is 0 Å². The molecule has 120 valence electrons. The smallest absolute Gasteiger partial charge is 0.122 e. The van der Waals surface area contributed by atoms with E-state index in [9.17, 15) is 5.11 Å². The Morgan fingerprint density at radius 2 is 1.82 bits per heavy atom. The average Bonchev–Trinajstić information content (AvgIpc) is 2.97. The third-order valence-electron chi connectivity index (χ3n) is 3.67. The highest BCUT2D eigenvalue weighted by atomic mass is 32.1. The second-order valence-corrected chi connectivity index (χ2v) is 6.21. The molecule has 1 aromatic carbocycles. The van der Waals surface area contributed by atoms with E-state index in [4.69, 9.17) is 9.47 Å². The van der Waals surface area contributed by atoms with Gasteiger partial charge in [-0.25, -0.2) is 0 Å². The second kappa shape index (κ2) is 7.63. The molecule has 0 fully saturated rings. The highest BCUT2D eigenvalue weighted by molar-refractivity contribution is 7.10. The van der Waals surface area contributed by atoms with E-state index in [0.717, 1.165) is 5.56 Å². The number of aliphatic hydroxyl groups is 1. The molecule has 2 rings (SSSR count). The highest BCUT2D eigenvalue weighted by Crippen LogP contribution is 2.27. The zero-order valence-corrected chi connectivity index (χ0v) is 14.2. The Morgan fingerprint density at radius 1 is 1.18 bits per heavy atom. The lowest BCUT2D eigenvalue weighted by Gasteiger charge is -2.18. The van der Waals surface area contributed by atoms with Crippen molar-refractivity contribution in [2.45, 2.75) is 26.0 Å². The minimum absolute atomic E-state index is 0.210. The summed E-state index contributed by atoms with van der Waals surface area (Å²) in [5, 5.41) is 15.9. The topological polar surface area (TPSA) is 50.7 Å². The van der Waals surface area contributed by atoms with E-state index in [1.54, 1.807) is 31.6 Å². The number of methoxy groups -OCH3 is 2. The second-order valence-electron chi connectivity index (χ2n) is 5.26. The van der Waals surface area contributed by atoms with Crippen molar-refractivity contribution in [1.29, 1.82) is 0 Å². The Balaban J connectivity index is 2.03. The van der Waals surface area contributed by atoms with Gasteiger partial charge in [-0.05, 0) is 48.6 Å². The van der Waals surface area contributed by atoms with Crippen LogP contribution in [0.15, 0.2) is 29.6 Å². The van der Waals surface area contributed by atoms with Crippen LogP contribution in [-0.4, -0.2) is 25.9 Å². The maximum atomic E-state index is 10.4. The number of rotatable bonds is 7. The van der Waals surface area contributed by atoms with Gasteiger partial charge in [0, 0.05) is 23.5 Å². The van der Waals surface area contributed by atoms with Gasteiger partial charge < -0.3 is 19.9 Å². The van der Waals surface area contributed by atoms with Gasteiger partial charge in [0.1, 0.15) is 11.5 Å². The number of ether oxygens (including phenoxy) is 2. The minimum Gasteiger partial charge on any atom is -0.497 e. The van der Waals surface area contributed by atoms with Gasteiger partial charge in [-0.3, -0.25) is 0 Å². The monoisotopic (exact) mass is 321 g/mol. The summed E-state index contributed by atoms with van der Waals surface area (Å²) >= 11 is 1.73. The predicted octanol–water partition coefficient (Wildman–Crippen LogP) is 3.46. The van der Waals surface area contributed by atoms with Gasteiger partial charge in [0.2, 0.25) is 0 Å². The SMILES string of the molecule is COc1cc(OC)cc([C@H](O)CN[C@H](C)c2sccc2C)c1. The lowest BCUT2D eigenvalue weighted by Crippen LogP contribution is -2.24. The number of aliphatic hydroxyl groups excluding tert-OH is 1. The molecule has 0 unspecified atom stereocenters. The van der Waals surface area contributed by atoms with Crippen molar-refractivity contribution in [2.24, 2.45) is 0 Å². The molecule has 0 aliphatic carbocycles. The van der Waals surface area contributed by atoms with Crippen molar-refractivity contribution in [2.75, 3.05) is 20.8 Å². The van der Waals surface area contributed by atoms with E-state index in [0.29, 0.717) is 18.0 Å². The third kappa shape index (κ3) is 4.00. The fourth-order valence-electron chi connectivity index (χ4n) is 2.35. The lowest BCUT2D eigenvalue weighted by molar-refractivity contribution is 0.170. The summed E-state index contributed by atoms with van der Waals surface area (Å²) in [6.45, 7) is 4.68. The normalized spacial score (nSPS) is 13.7. The molecule has 0 saturated carbocycles. The number of aryl methyl sites for hydroxylation is 1. The molecule has 22 heavy (non-hydrogen) atoms. The van der Waals surface area contributed by atoms with Crippen LogP contribution in [0.25, 0.3) is 0 Å². The first-order valence-corrected chi connectivity index (χ1v) is 8.11. The molecule has 0 spiro atoms. The van der Waals surface area contributed by atoms with Crippen LogP contribution >= 0.6 is 11.3 Å². The first kappa shape index (κ1) is 16.8. The molecule has 2 N–H and O–H groups in total. The summed E-state index contributed by atoms with van der Waals surface area (Å²) in [4.78, 5) is 1.30. The molecule has 0 amide bonds. The number of hydrogen-bond donors (Lipinski definition) is 2. The molecule has 0 aliphatic rings. The number of nitrogens with one attached hydrogen (secondary N) is 1. The van der Waals surface area contributed by atoms with Crippen molar-refractivity contribution in [3.8, 4) is 11.5 Å². The average molecular weight is 321 g/mol. The molecule has 0 aliphatic heterocycles. The molecule has 0 saturated heterocycles. The first-order valence-electron chi connectivity index (χ1n) is 7.23.